The van der Waals surface area contributed by atoms with Gasteiger partial charge < -0.3 is 9.88 Å². The van der Waals surface area contributed by atoms with Crippen LogP contribution < -0.4 is 5.32 Å². The minimum Gasteiger partial charge on any atom is -0.324 e. The van der Waals surface area contributed by atoms with Gasteiger partial charge in [-0.05, 0) is 59.1 Å². The molecular formula is C19H20BrN5OS. The molecule has 0 saturated heterocycles. The van der Waals surface area contributed by atoms with E-state index in [2.05, 4.69) is 43.4 Å². The van der Waals surface area contributed by atoms with Crippen molar-refractivity contribution in [2.24, 2.45) is 0 Å². The molecule has 0 atom stereocenters. The number of benzene rings is 1. The molecule has 0 unspecified atom stereocenters. The maximum Gasteiger partial charge on any atom is 0.234 e. The number of aromatic nitrogens is 4. The molecule has 0 spiro atoms. The van der Waals surface area contributed by atoms with Crippen LogP contribution >= 0.6 is 27.7 Å². The fourth-order valence-corrected chi connectivity index (χ4v) is 3.91. The molecule has 3 rings (SSSR count). The first-order valence-corrected chi connectivity index (χ1v) is 10.4. The SMILES string of the molecule is CCc1ccc(NC(=O)CSc2nnc(-c3cccnc3)n2CC)c(Br)c1. The number of rotatable bonds is 7. The number of carbonyl (C=O) groups excluding carboxylic acids is 1. The molecule has 2 aromatic heterocycles. The topological polar surface area (TPSA) is 72.7 Å². The van der Waals surface area contributed by atoms with Crippen LogP contribution in [0, 0.1) is 0 Å². The Morgan fingerprint density at radius 1 is 1.26 bits per heavy atom. The number of hydrogen-bond donors (Lipinski definition) is 1. The standard InChI is InChI=1S/C19H20BrN5OS/c1-3-13-7-8-16(15(20)10-13)22-17(26)12-27-19-24-23-18(25(19)4-2)14-6-5-9-21-11-14/h5-11H,3-4,12H2,1-2H3,(H,22,26). The number of thioether (sulfide) groups is 1. The summed E-state index contributed by atoms with van der Waals surface area (Å²) < 4.78 is 2.87. The average molecular weight is 446 g/mol. The highest BCUT2D eigenvalue weighted by Crippen LogP contribution is 2.26. The Morgan fingerprint density at radius 2 is 2.11 bits per heavy atom. The van der Waals surface area contributed by atoms with Crippen molar-refractivity contribution in [2.75, 3.05) is 11.1 Å². The lowest BCUT2D eigenvalue weighted by Gasteiger charge is -2.09. The third-order valence-corrected chi connectivity index (χ3v) is 5.62. The number of carbonyl (C=O) groups is 1. The van der Waals surface area contributed by atoms with Gasteiger partial charge in [-0.15, -0.1) is 10.2 Å². The van der Waals surface area contributed by atoms with Crippen LogP contribution in [0.15, 0.2) is 52.4 Å². The Kier molecular flexibility index (Phi) is 6.63. The van der Waals surface area contributed by atoms with Crippen LogP contribution in [0.3, 0.4) is 0 Å². The van der Waals surface area contributed by atoms with Crippen LogP contribution in [-0.4, -0.2) is 31.4 Å². The number of anilines is 1. The second kappa shape index (κ2) is 9.14. The van der Waals surface area contributed by atoms with Crippen LogP contribution in [0.5, 0.6) is 0 Å². The summed E-state index contributed by atoms with van der Waals surface area (Å²) in [5.74, 6) is 0.928. The van der Waals surface area contributed by atoms with E-state index in [0.29, 0.717) is 11.7 Å². The Balaban J connectivity index is 1.66. The van der Waals surface area contributed by atoms with Crippen molar-refractivity contribution in [3.05, 3.63) is 52.8 Å². The van der Waals surface area contributed by atoms with Gasteiger partial charge in [0.05, 0.1) is 11.4 Å². The zero-order valence-electron chi connectivity index (χ0n) is 15.1. The van der Waals surface area contributed by atoms with E-state index in [0.717, 1.165) is 28.0 Å². The molecule has 1 aromatic carbocycles. The number of nitrogens with zero attached hydrogens (tertiary/aromatic N) is 4. The van der Waals surface area contributed by atoms with Gasteiger partial charge in [0, 0.05) is 29.0 Å². The summed E-state index contributed by atoms with van der Waals surface area (Å²) in [6.45, 7) is 4.84. The molecule has 0 saturated carbocycles. The van der Waals surface area contributed by atoms with Crippen molar-refractivity contribution in [2.45, 2.75) is 32.0 Å². The van der Waals surface area contributed by atoms with Gasteiger partial charge >= 0.3 is 0 Å². The molecule has 0 aliphatic rings. The van der Waals surface area contributed by atoms with Crippen LogP contribution in [-0.2, 0) is 17.8 Å². The summed E-state index contributed by atoms with van der Waals surface area (Å²) >= 11 is 4.88. The lowest BCUT2D eigenvalue weighted by atomic mass is 10.1. The predicted octanol–water partition coefficient (Wildman–Crippen LogP) is 4.42. The van der Waals surface area contributed by atoms with Crippen molar-refractivity contribution >= 4 is 39.3 Å². The molecule has 6 nitrogen and oxygen atoms in total. The maximum atomic E-state index is 12.3. The Labute approximate surface area is 170 Å². The van der Waals surface area contributed by atoms with Gasteiger partial charge in [0.2, 0.25) is 5.91 Å². The van der Waals surface area contributed by atoms with Crippen molar-refractivity contribution in [3.8, 4) is 11.4 Å². The summed E-state index contributed by atoms with van der Waals surface area (Å²) in [6, 6.07) is 9.77. The smallest absolute Gasteiger partial charge is 0.234 e. The molecule has 0 aliphatic carbocycles. The van der Waals surface area contributed by atoms with Gasteiger partial charge in [0.25, 0.3) is 0 Å². The van der Waals surface area contributed by atoms with Gasteiger partial charge in [0.15, 0.2) is 11.0 Å². The van der Waals surface area contributed by atoms with Crippen LogP contribution in [0.25, 0.3) is 11.4 Å². The van der Waals surface area contributed by atoms with Gasteiger partial charge in [-0.3, -0.25) is 9.78 Å². The summed E-state index contributed by atoms with van der Waals surface area (Å²) in [5.41, 5.74) is 2.89. The fraction of sp³-hybridized carbons (Fsp3) is 0.263. The molecule has 0 radical (unpaired) electrons. The minimum atomic E-state index is -0.0847. The molecule has 0 bridgehead atoms. The molecule has 27 heavy (non-hydrogen) atoms. The number of amides is 1. The highest BCUT2D eigenvalue weighted by molar-refractivity contribution is 9.10. The predicted molar refractivity (Wildman–Crippen MR) is 112 cm³/mol. The summed E-state index contributed by atoms with van der Waals surface area (Å²) in [5, 5.41) is 12.2. The highest BCUT2D eigenvalue weighted by Gasteiger charge is 2.15. The van der Waals surface area contributed by atoms with E-state index in [1.165, 1.54) is 17.3 Å². The number of halogens is 1. The van der Waals surface area contributed by atoms with Gasteiger partial charge in [-0.2, -0.15) is 0 Å². The molecule has 1 amide bonds. The van der Waals surface area contributed by atoms with Gasteiger partial charge in [-0.1, -0.05) is 24.8 Å². The first-order valence-electron chi connectivity index (χ1n) is 8.67. The molecular weight excluding hydrogens is 426 g/mol. The first-order chi connectivity index (χ1) is 13.1. The van der Waals surface area contributed by atoms with Crippen molar-refractivity contribution in [1.82, 2.24) is 19.7 Å². The number of aryl methyl sites for hydroxylation is 1. The average Bonchev–Trinajstić information content (AvgIpc) is 3.11. The number of nitrogens with one attached hydrogen (secondary N) is 1. The summed E-state index contributed by atoms with van der Waals surface area (Å²) in [7, 11) is 0. The van der Waals surface area contributed by atoms with E-state index in [1.807, 2.05) is 41.8 Å². The van der Waals surface area contributed by atoms with E-state index in [-0.39, 0.29) is 11.7 Å². The third-order valence-electron chi connectivity index (χ3n) is 4.00. The van der Waals surface area contributed by atoms with Gasteiger partial charge in [0.1, 0.15) is 0 Å². The zero-order chi connectivity index (χ0) is 19.2. The number of pyridine rings is 1. The lowest BCUT2D eigenvalue weighted by molar-refractivity contribution is -0.113. The van der Waals surface area contributed by atoms with E-state index >= 15 is 0 Å². The molecule has 8 heteroatoms. The Morgan fingerprint density at radius 3 is 2.78 bits per heavy atom. The Bertz CT molecular complexity index is 929. The van der Waals surface area contributed by atoms with Crippen molar-refractivity contribution in [1.29, 1.82) is 0 Å². The lowest BCUT2D eigenvalue weighted by Crippen LogP contribution is -2.15. The quantitative estimate of drug-likeness (QED) is 0.544. The van der Waals surface area contributed by atoms with Crippen LogP contribution in [0.1, 0.15) is 19.4 Å². The van der Waals surface area contributed by atoms with Crippen LogP contribution in [0.2, 0.25) is 0 Å². The monoisotopic (exact) mass is 445 g/mol. The zero-order valence-corrected chi connectivity index (χ0v) is 17.5. The largest absolute Gasteiger partial charge is 0.324 e. The normalized spacial score (nSPS) is 10.8. The molecule has 1 N–H and O–H groups in total. The van der Waals surface area contributed by atoms with E-state index < -0.39 is 0 Å². The van der Waals surface area contributed by atoms with E-state index in [1.54, 1.807) is 12.4 Å². The van der Waals surface area contributed by atoms with Crippen LogP contribution in [0.4, 0.5) is 5.69 Å². The van der Waals surface area contributed by atoms with Crippen molar-refractivity contribution in [3.63, 3.8) is 0 Å². The molecule has 3 aromatic rings. The number of hydrogen-bond acceptors (Lipinski definition) is 5. The Hall–Kier alpha value is -2.19. The highest BCUT2D eigenvalue weighted by atomic mass is 79.9. The van der Waals surface area contributed by atoms with E-state index in [9.17, 15) is 4.79 Å². The van der Waals surface area contributed by atoms with E-state index in [4.69, 9.17) is 0 Å². The second-order valence-electron chi connectivity index (χ2n) is 5.80. The molecule has 0 aliphatic heterocycles. The second-order valence-corrected chi connectivity index (χ2v) is 7.59. The summed E-state index contributed by atoms with van der Waals surface area (Å²) in [4.78, 5) is 16.5. The maximum absolute atomic E-state index is 12.3. The fourth-order valence-electron chi connectivity index (χ4n) is 2.59. The molecule has 0 fully saturated rings. The minimum absolute atomic E-state index is 0.0847. The third kappa shape index (κ3) is 4.75. The van der Waals surface area contributed by atoms with Crippen molar-refractivity contribution < 1.29 is 4.79 Å². The summed E-state index contributed by atoms with van der Waals surface area (Å²) in [6.07, 6.45) is 4.44. The van der Waals surface area contributed by atoms with Gasteiger partial charge in [-0.25, -0.2) is 0 Å². The first kappa shape index (κ1) is 19.6. The molecule has 140 valence electrons. The molecule has 2 heterocycles.